The van der Waals surface area contributed by atoms with Crippen molar-refractivity contribution in [1.82, 2.24) is 4.98 Å². The molecule has 0 aliphatic heterocycles. The van der Waals surface area contributed by atoms with E-state index in [0.29, 0.717) is 10.7 Å². The summed E-state index contributed by atoms with van der Waals surface area (Å²) < 4.78 is 13.9. The minimum absolute atomic E-state index is 0.186. The van der Waals surface area contributed by atoms with E-state index >= 15 is 0 Å². The van der Waals surface area contributed by atoms with Crippen molar-refractivity contribution in [3.05, 3.63) is 68.4 Å². The molecule has 0 bridgehead atoms. The van der Waals surface area contributed by atoms with Gasteiger partial charge in [-0.1, -0.05) is 12.1 Å². The summed E-state index contributed by atoms with van der Waals surface area (Å²) in [6.45, 7) is 1.93. The zero-order valence-corrected chi connectivity index (χ0v) is 15.1. The molecule has 3 nitrogen and oxygen atoms in total. The first-order valence-corrected chi connectivity index (χ1v) is 8.73. The van der Waals surface area contributed by atoms with Crippen LogP contribution in [0.3, 0.4) is 0 Å². The van der Waals surface area contributed by atoms with Crippen LogP contribution in [0.15, 0.2) is 48.5 Å². The van der Waals surface area contributed by atoms with E-state index in [-0.39, 0.29) is 11.7 Å². The van der Waals surface area contributed by atoms with E-state index in [9.17, 15) is 9.18 Å². The van der Waals surface area contributed by atoms with Crippen molar-refractivity contribution in [3.8, 4) is 11.3 Å². The van der Waals surface area contributed by atoms with Crippen molar-refractivity contribution in [2.45, 2.75) is 6.92 Å². The van der Waals surface area contributed by atoms with Crippen molar-refractivity contribution in [2.24, 2.45) is 0 Å². The number of hydrogen-bond acceptors (Lipinski definition) is 3. The highest BCUT2D eigenvalue weighted by Gasteiger charge is 2.14. The molecular formula is C17H12FIN2OS. The average Bonchev–Trinajstić information content (AvgIpc) is 2.89. The Labute approximate surface area is 150 Å². The highest BCUT2D eigenvalue weighted by molar-refractivity contribution is 14.1. The number of anilines is 1. The van der Waals surface area contributed by atoms with Gasteiger partial charge < -0.3 is 0 Å². The summed E-state index contributed by atoms with van der Waals surface area (Å²) in [6, 6.07) is 13.5. The summed E-state index contributed by atoms with van der Waals surface area (Å²) in [5.74, 6) is -0.469. The quantitative estimate of drug-likeness (QED) is 0.578. The zero-order valence-electron chi connectivity index (χ0n) is 12.1. The van der Waals surface area contributed by atoms with Crippen LogP contribution in [0.5, 0.6) is 0 Å². The zero-order chi connectivity index (χ0) is 16.4. The molecule has 0 aliphatic rings. The minimum Gasteiger partial charge on any atom is -0.298 e. The highest BCUT2D eigenvalue weighted by Crippen LogP contribution is 2.30. The summed E-state index contributed by atoms with van der Waals surface area (Å²) in [4.78, 5) is 17.8. The molecule has 0 atom stereocenters. The molecule has 0 radical (unpaired) electrons. The third-order valence-electron chi connectivity index (χ3n) is 3.25. The molecule has 0 spiro atoms. The van der Waals surface area contributed by atoms with E-state index in [0.717, 1.165) is 19.7 Å². The number of benzene rings is 2. The first kappa shape index (κ1) is 16.1. The van der Waals surface area contributed by atoms with E-state index in [4.69, 9.17) is 0 Å². The normalized spacial score (nSPS) is 10.6. The van der Waals surface area contributed by atoms with Gasteiger partial charge in [-0.15, -0.1) is 11.3 Å². The van der Waals surface area contributed by atoms with Gasteiger partial charge in [-0.25, -0.2) is 9.37 Å². The van der Waals surface area contributed by atoms with Gasteiger partial charge in [-0.2, -0.15) is 0 Å². The fraction of sp³-hybridized carbons (Fsp3) is 0.0588. The summed E-state index contributed by atoms with van der Waals surface area (Å²) >= 11 is 3.53. The van der Waals surface area contributed by atoms with Gasteiger partial charge in [0.25, 0.3) is 5.91 Å². The van der Waals surface area contributed by atoms with E-state index in [1.807, 2.05) is 25.1 Å². The fourth-order valence-electron chi connectivity index (χ4n) is 2.14. The standard InChI is InChI=1S/C17H12FIN2OS/c1-10-15(11-6-8-12(18)9-7-11)20-17(23-10)21-16(22)13-4-2-3-5-14(13)19/h2-9H,1H3,(H,20,21,22). The van der Waals surface area contributed by atoms with Gasteiger partial charge in [-0.3, -0.25) is 10.1 Å². The smallest absolute Gasteiger partial charge is 0.258 e. The molecule has 116 valence electrons. The third-order valence-corrected chi connectivity index (χ3v) is 5.08. The Hall–Kier alpha value is -1.80. The van der Waals surface area contributed by atoms with Crippen molar-refractivity contribution < 1.29 is 9.18 Å². The van der Waals surface area contributed by atoms with Gasteiger partial charge in [0.15, 0.2) is 5.13 Å². The van der Waals surface area contributed by atoms with Gasteiger partial charge in [0.05, 0.1) is 11.3 Å². The van der Waals surface area contributed by atoms with E-state index < -0.39 is 0 Å². The van der Waals surface area contributed by atoms with Gasteiger partial charge in [0, 0.05) is 14.0 Å². The molecule has 23 heavy (non-hydrogen) atoms. The lowest BCUT2D eigenvalue weighted by molar-refractivity contribution is 0.102. The molecule has 0 fully saturated rings. The molecule has 3 rings (SSSR count). The van der Waals surface area contributed by atoms with Crippen molar-refractivity contribution in [1.29, 1.82) is 0 Å². The Kier molecular flexibility index (Phi) is 4.72. The predicted molar refractivity (Wildman–Crippen MR) is 99.4 cm³/mol. The number of rotatable bonds is 3. The van der Waals surface area contributed by atoms with Gasteiger partial charge in [0.2, 0.25) is 0 Å². The summed E-state index contributed by atoms with van der Waals surface area (Å²) in [7, 11) is 0. The van der Waals surface area contributed by atoms with E-state index in [1.54, 1.807) is 18.2 Å². The molecule has 1 heterocycles. The van der Waals surface area contributed by atoms with E-state index in [1.165, 1.54) is 23.5 Å². The Morgan fingerprint density at radius 3 is 2.57 bits per heavy atom. The van der Waals surface area contributed by atoms with Gasteiger partial charge >= 0.3 is 0 Å². The maximum absolute atomic E-state index is 13.0. The van der Waals surface area contributed by atoms with Gasteiger partial charge in [-0.05, 0) is 65.9 Å². The van der Waals surface area contributed by atoms with Crippen molar-refractivity contribution >= 4 is 45.0 Å². The highest BCUT2D eigenvalue weighted by atomic mass is 127. The summed E-state index contributed by atoms with van der Waals surface area (Å²) in [6.07, 6.45) is 0. The molecule has 0 saturated carbocycles. The molecule has 6 heteroatoms. The number of nitrogens with one attached hydrogen (secondary N) is 1. The minimum atomic E-state index is -0.284. The van der Waals surface area contributed by atoms with Crippen LogP contribution in [0.1, 0.15) is 15.2 Å². The van der Waals surface area contributed by atoms with Crippen LogP contribution in [0, 0.1) is 16.3 Å². The number of aryl methyl sites for hydroxylation is 1. The first-order valence-electron chi connectivity index (χ1n) is 6.84. The molecular weight excluding hydrogens is 426 g/mol. The lowest BCUT2D eigenvalue weighted by atomic mass is 10.1. The topological polar surface area (TPSA) is 42.0 Å². The third kappa shape index (κ3) is 3.59. The SMILES string of the molecule is Cc1sc(NC(=O)c2ccccc2I)nc1-c1ccc(F)cc1. The maximum atomic E-state index is 13.0. The number of halogens is 2. The van der Waals surface area contributed by atoms with Crippen LogP contribution >= 0.6 is 33.9 Å². The van der Waals surface area contributed by atoms with Crippen LogP contribution in [-0.2, 0) is 0 Å². The number of carbonyl (C=O) groups is 1. The molecule has 3 aromatic rings. The summed E-state index contributed by atoms with van der Waals surface area (Å²) in [5, 5.41) is 3.36. The number of thiazole rings is 1. The molecule has 1 N–H and O–H groups in total. The van der Waals surface area contributed by atoms with Crippen molar-refractivity contribution in [3.63, 3.8) is 0 Å². The second-order valence-electron chi connectivity index (χ2n) is 4.86. The van der Waals surface area contributed by atoms with Crippen molar-refractivity contribution in [2.75, 3.05) is 5.32 Å². The Morgan fingerprint density at radius 1 is 1.17 bits per heavy atom. The first-order chi connectivity index (χ1) is 11.0. The second kappa shape index (κ2) is 6.76. The molecule has 0 aliphatic carbocycles. The number of carbonyl (C=O) groups excluding carboxylic acids is 1. The fourth-order valence-corrected chi connectivity index (χ4v) is 3.60. The number of hydrogen-bond donors (Lipinski definition) is 1. The van der Waals surface area contributed by atoms with Crippen LogP contribution in [0.4, 0.5) is 9.52 Å². The Bertz CT molecular complexity index is 861. The number of nitrogens with zero attached hydrogens (tertiary/aromatic N) is 1. The number of aromatic nitrogens is 1. The maximum Gasteiger partial charge on any atom is 0.258 e. The molecule has 1 aromatic heterocycles. The molecule has 0 saturated heterocycles. The summed E-state index contributed by atoms with van der Waals surface area (Å²) in [5.41, 5.74) is 2.20. The second-order valence-corrected chi connectivity index (χ2v) is 7.23. The van der Waals surface area contributed by atoms with Crippen LogP contribution in [-0.4, -0.2) is 10.9 Å². The predicted octanol–water partition coefficient (Wildman–Crippen LogP) is 5.11. The molecule has 1 amide bonds. The Morgan fingerprint density at radius 2 is 1.87 bits per heavy atom. The van der Waals surface area contributed by atoms with Crippen LogP contribution in [0.25, 0.3) is 11.3 Å². The van der Waals surface area contributed by atoms with E-state index in [2.05, 4.69) is 32.9 Å². The average molecular weight is 438 g/mol. The van der Waals surface area contributed by atoms with Crippen LogP contribution in [0.2, 0.25) is 0 Å². The number of amides is 1. The largest absolute Gasteiger partial charge is 0.298 e. The van der Waals surface area contributed by atoms with Gasteiger partial charge in [0.1, 0.15) is 5.82 Å². The lowest BCUT2D eigenvalue weighted by Crippen LogP contribution is -2.13. The Balaban J connectivity index is 1.85. The monoisotopic (exact) mass is 438 g/mol. The van der Waals surface area contributed by atoms with Crippen LogP contribution < -0.4 is 5.32 Å². The molecule has 2 aromatic carbocycles. The molecule has 0 unspecified atom stereocenters. The lowest BCUT2D eigenvalue weighted by Gasteiger charge is -2.03.